The molecule has 2 N–H and O–H groups in total. The van der Waals surface area contributed by atoms with Crippen molar-refractivity contribution in [3.63, 3.8) is 0 Å². The van der Waals surface area contributed by atoms with Crippen LogP contribution in [-0.4, -0.2) is 34.6 Å². The highest BCUT2D eigenvalue weighted by atomic mass is 16.2. The van der Waals surface area contributed by atoms with Crippen LogP contribution in [0, 0.1) is 0 Å². The molecule has 5 heteroatoms. The Morgan fingerprint density at radius 2 is 2.04 bits per heavy atom. The SMILES string of the molecule is CC(C)c1ccc(CN(C)C(=O)c2n[nH]c3c2CNCC3)cc1. The zero-order valence-corrected chi connectivity index (χ0v) is 14.0. The number of nitrogens with zero attached hydrogens (tertiary/aromatic N) is 2. The normalized spacial score (nSPS) is 13.9. The van der Waals surface area contributed by atoms with Crippen molar-refractivity contribution in [2.45, 2.75) is 39.3 Å². The number of carbonyl (C=O) groups excluding carboxylic acids is 1. The van der Waals surface area contributed by atoms with Gasteiger partial charge in [-0.2, -0.15) is 5.10 Å². The van der Waals surface area contributed by atoms with E-state index in [0.29, 0.717) is 24.7 Å². The molecule has 0 aliphatic carbocycles. The summed E-state index contributed by atoms with van der Waals surface area (Å²) >= 11 is 0. The van der Waals surface area contributed by atoms with E-state index in [-0.39, 0.29) is 5.91 Å². The lowest BCUT2D eigenvalue weighted by Crippen LogP contribution is -2.30. The topological polar surface area (TPSA) is 61.0 Å². The minimum absolute atomic E-state index is 0.0286. The van der Waals surface area contributed by atoms with Gasteiger partial charge in [0.25, 0.3) is 5.91 Å². The average Bonchev–Trinajstić information content (AvgIpc) is 2.98. The highest BCUT2D eigenvalue weighted by Crippen LogP contribution is 2.19. The Labute approximate surface area is 137 Å². The summed E-state index contributed by atoms with van der Waals surface area (Å²) in [7, 11) is 1.83. The van der Waals surface area contributed by atoms with Gasteiger partial charge in [0.2, 0.25) is 0 Å². The summed E-state index contributed by atoms with van der Waals surface area (Å²) in [6.07, 6.45) is 0.899. The first-order chi connectivity index (χ1) is 11.1. The second-order valence-corrected chi connectivity index (χ2v) is 6.51. The smallest absolute Gasteiger partial charge is 0.274 e. The van der Waals surface area contributed by atoms with Gasteiger partial charge in [-0.15, -0.1) is 0 Å². The van der Waals surface area contributed by atoms with E-state index in [9.17, 15) is 4.79 Å². The van der Waals surface area contributed by atoms with Crippen LogP contribution in [0.5, 0.6) is 0 Å². The number of fused-ring (bicyclic) bond motifs is 1. The van der Waals surface area contributed by atoms with E-state index in [4.69, 9.17) is 0 Å². The molecular weight excluding hydrogens is 288 g/mol. The molecule has 1 aliphatic rings. The molecule has 0 fully saturated rings. The van der Waals surface area contributed by atoms with Crippen molar-refractivity contribution in [2.24, 2.45) is 0 Å². The lowest BCUT2D eigenvalue weighted by molar-refractivity contribution is 0.0778. The number of hydrogen-bond donors (Lipinski definition) is 2. The van der Waals surface area contributed by atoms with E-state index in [1.807, 2.05) is 7.05 Å². The maximum atomic E-state index is 12.7. The van der Waals surface area contributed by atoms with Crippen LogP contribution < -0.4 is 5.32 Å². The molecule has 0 radical (unpaired) electrons. The summed E-state index contributed by atoms with van der Waals surface area (Å²) < 4.78 is 0. The van der Waals surface area contributed by atoms with Gasteiger partial charge in [-0.1, -0.05) is 38.1 Å². The van der Waals surface area contributed by atoms with Crippen molar-refractivity contribution in [1.29, 1.82) is 0 Å². The Morgan fingerprint density at radius 3 is 2.74 bits per heavy atom. The van der Waals surface area contributed by atoms with Gasteiger partial charge in [0.05, 0.1) is 0 Å². The van der Waals surface area contributed by atoms with E-state index in [0.717, 1.165) is 29.8 Å². The summed E-state index contributed by atoms with van der Waals surface area (Å²) in [5, 5.41) is 10.5. The molecule has 0 unspecified atom stereocenters. The third-order valence-electron chi connectivity index (χ3n) is 4.42. The van der Waals surface area contributed by atoms with Crippen LogP contribution in [0.25, 0.3) is 0 Å². The molecule has 1 aromatic heterocycles. The van der Waals surface area contributed by atoms with Crippen LogP contribution in [0.2, 0.25) is 0 Å². The molecule has 0 atom stereocenters. The first-order valence-corrected chi connectivity index (χ1v) is 8.17. The Hall–Kier alpha value is -2.14. The van der Waals surface area contributed by atoms with Crippen LogP contribution in [0.1, 0.15) is 52.6 Å². The lowest BCUT2D eigenvalue weighted by atomic mass is 10.0. The highest BCUT2D eigenvalue weighted by Gasteiger charge is 2.23. The maximum Gasteiger partial charge on any atom is 0.274 e. The molecule has 0 spiro atoms. The molecule has 1 aliphatic heterocycles. The van der Waals surface area contributed by atoms with Crippen molar-refractivity contribution < 1.29 is 4.79 Å². The molecule has 2 heterocycles. The van der Waals surface area contributed by atoms with E-state index in [1.54, 1.807) is 4.90 Å². The number of aromatic nitrogens is 2. The van der Waals surface area contributed by atoms with Crippen LogP contribution in [0.4, 0.5) is 0 Å². The maximum absolute atomic E-state index is 12.7. The van der Waals surface area contributed by atoms with Crippen molar-refractivity contribution in [2.75, 3.05) is 13.6 Å². The Bertz CT molecular complexity index is 688. The molecule has 1 aromatic carbocycles. The fourth-order valence-electron chi connectivity index (χ4n) is 2.94. The van der Waals surface area contributed by atoms with Gasteiger partial charge in [-0.05, 0) is 17.0 Å². The van der Waals surface area contributed by atoms with Crippen LogP contribution >= 0.6 is 0 Å². The summed E-state index contributed by atoms with van der Waals surface area (Å²) in [5.41, 5.74) is 5.10. The molecule has 0 saturated carbocycles. The molecule has 2 aromatic rings. The number of nitrogens with one attached hydrogen (secondary N) is 2. The van der Waals surface area contributed by atoms with E-state index < -0.39 is 0 Å². The predicted molar refractivity (Wildman–Crippen MR) is 90.3 cm³/mol. The van der Waals surface area contributed by atoms with E-state index in [1.165, 1.54) is 5.56 Å². The molecule has 23 heavy (non-hydrogen) atoms. The van der Waals surface area contributed by atoms with Crippen LogP contribution in [0.15, 0.2) is 24.3 Å². The lowest BCUT2D eigenvalue weighted by Gasteiger charge is -2.18. The number of hydrogen-bond acceptors (Lipinski definition) is 3. The summed E-state index contributed by atoms with van der Waals surface area (Å²) in [5.74, 6) is 0.491. The monoisotopic (exact) mass is 312 g/mol. The predicted octanol–water partition coefficient (Wildman–Crippen LogP) is 2.45. The van der Waals surface area contributed by atoms with Crippen molar-refractivity contribution in [1.82, 2.24) is 20.4 Å². The minimum atomic E-state index is -0.0286. The second kappa shape index (κ2) is 6.54. The third-order valence-corrected chi connectivity index (χ3v) is 4.42. The number of carbonyl (C=O) groups is 1. The van der Waals surface area contributed by atoms with Crippen molar-refractivity contribution in [3.8, 4) is 0 Å². The largest absolute Gasteiger partial charge is 0.336 e. The third kappa shape index (κ3) is 3.29. The van der Waals surface area contributed by atoms with E-state index >= 15 is 0 Å². The molecule has 5 nitrogen and oxygen atoms in total. The van der Waals surface area contributed by atoms with Gasteiger partial charge in [-0.25, -0.2) is 0 Å². The van der Waals surface area contributed by atoms with Gasteiger partial charge in [-0.3, -0.25) is 9.89 Å². The van der Waals surface area contributed by atoms with Gasteiger partial charge in [0.1, 0.15) is 0 Å². The number of aromatic amines is 1. The molecule has 1 amide bonds. The zero-order valence-electron chi connectivity index (χ0n) is 14.0. The van der Waals surface area contributed by atoms with Gasteiger partial charge in [0, 0.05) is 44.4 Å². The second-order valence-electron chi connectivity index (χ2n) is 6.51. The number of amides is 1. The molecular formula is C18H24N4O. The Morgan fingerprint density at radius 1 is 1.30 bits per heavy atom. The fraction of sp³-hybridized carbons (Fsp3) is 0.444. The first-order valence-electron chi connectivity index (χ1n) is 8.17. The average molecular weight is 312 g/mol. The summed E-state index contributed by atoms with van der Waals surface area (Å²) in [6, 6.07) is 8.47. The van der Waals surface area contributed by atoms with Gasteiger partial charge < -0.3 is 10.2 Å². The molecule has 122 valence electrons. The van der Waals surface area contributed by atoms with Gasteiger partial charge in [0.15, 0.2) is 5.69 Å². The van der Waals surface area contributed by atoms with E-state index in [2.05, 4.69) is 53.6 Å². The number of rotatable bonds is 4. The van der Waals surface area contributed by atoms with Crippen LogP contribution in [0.3, 0.4) is 0 Å². The Kier molecular flexibility index (Phi) is 4.48. The summed E-state index contributed by atoms with van der Waals surface area (Å²) in [6.45, 7) is 6.59. The molecule has 3 rings (SSSR count). The fourth-order valence-corrected chi connectivity index (χ4v) is 2.94. The van der Waals surface area contributed by atoms with Gasteiger partial charge >= 0.3 is 0 Å². The quantitative estimate of drug-likeness (QED) is 0.911. The van der Waals surface area contributed by atoms with Crippen LogP contribution in [-0.2, 0) is 19.5 Å². The first kappa shape index (κ1) is 15.7. The molecule has 0 bridgehead atoms. The minimum Gasteiger partial charge on any atom is -0.336 e. The summed E-state index contributed by atoms with van der Waals surface area (Å²) in [4.78, 5) is 14.4. The zero-order chi connectivity index (χ0) is 16.4. The Balaban J connectivity index is 1.71. The van der Waals surface area contributed by atoms with Crippen molar-refractivity contribution >= 4 is 5.91 Å². The number of benzene rings is 1. The molecule has 0 saturated heterocycles. The van der Waals surface area contributed by atoms with Crippen molar-refractivity contribution in [3.05, 3.63) is 52.3 Å². The number of H-pyrrole nitrogens is 1. The highest BCUT2D eigenvalue weighted by molar-refractivity contribution is 5.93. The standard InChI is InChI=1S/C18H24N4O/c1-12(2)14-6-4-13(5-7-14)11-22(3)18(23)17-15-10-19-9-8-16(15)20-21-17/h4-7,12,19H,8-11H2,1-3H3,(H,20,21).